The zero-order chi connectivity index (χ0) is 25.8. The van der Waals surface area contributed by atoms with E-state index in [2.05, 4.69) is 63.4 Å². The highest BCUT2D eigenvalue weighted by Gasteiger charge is 2.39. The Balaban J connectivity index is 1.61. The molecule has 9 heteroatoms. The molecule has 1 N–H and O–H groups in total. The van der Waals surface area contributed by atoms with Crippen LogP contribution in [0.25, 0.3) is 22.2 Å². The second-order valence-electron chi connectivity index (χ2n) is 11.2. The fourth-order valence-corrected chi connectivity index (χ4v) is 5.21. The fourth-order valence-electron chi connectivity index (χ4n) is 4.19. The molecule has 0 saturated carbocycles. The summed E-state index contributed by atoms with van der Waals surface area (Å²) in [6, 6.07) is 6.35. The molecule has 1 saturated heterocycles. The zero-order valence-electron chi connectivity index (χ0n) is 22.5. The van der Waals surface area contributed by atoms with Gasteiger partial charge in [-0.05, 0) is 68.4 Å². The maximum atomic E-state index is 8.86. The van der Waals surface area contributed by atoms with Gasteiger partial charge in [-0.3, -0.25) is 4.68 Å². The Morgan fingerprint density at radius 1 is 1.17 bits per heavy atom. The Labute approximate surface area is 215 Å². The number of aryl methyl sites for hydroxylation is 1. The van der Waals surface area contributed by atoms with Crippen molar-refractivity contribution in [3.63, 3.8) is 0 Å². The van der Waals surface area contributed by atoms with E-state index in [0.29, 0.717) is 19.6 Å². The summed E-state index contributed by atoms with van der Waals surface area (Å²) in [5.41, 5.74) is 2.95. The minimum atomic E-state index is -1.97. The van der Waals surface area contributed by atoms with Gasteiger partial charge in [0.2, 0.25) is 8.32 Å². The molecule has 1 atom stereocenters. The molecule has 0 amide bonds. The number of aliphatic hydroxyl groups excluding tert-OH is 1. The maximum absolute atomic E-state index is 8.86. The number of aromatic nitrogens is 4. The van der Waals surface area contributed by atoms with Gasteiger partial charge in [0.25, 0.3) is 0 Å². The molecular formula is C27H42N4O4Si. The van der Waals surface area contributed by atoms with E-state index in [0.717, 1.165) is 66.7 Å². The Morgan fingerprint density at radius 3 is 2.69 bits per heavy atom. The van der Waals surface area contributed by atoms with Crippen LogP contribution in [-0.4, -0.2) is 59.4 Å². The quantitative estimate of drug-likeness (QED) is 0.258. The van der Waals surface area contributed by atoms with Crippen molar-refractivity contribution in [2.45, 2.75) is 83.8 Å². The third kappa shape index (κ3) is 6.19. The van der Waals surface area contributed by atoms with Gasteiger partial charge in [-0.1, -0.05) is 20.8 Å². The fraction of sp³-hybridized carbons (Fsp3) is 0.630. The molecule has 2 aromatic heterocycles. The molecule has 8 nitrogen and oxygen atoms in total. The van der Waals surface area contributed by atoms with E-state index >= 15 is 0 Å². The van der Waals surface area contributed by atoms with Crippen LogP contribution < -0.4 is 4.43 Å². The van der Waals surface area contributed by atoms with Gasteiger partial charge in [-0.15, -0.1) is 0 Å². The number of hydrogen-bond donors (Lipinski definition) is 1. The minimum absolute atomic E-state index is 0.0479. The number of ether oxygens (including phenoxy) is 2. The molecule has 1 aromatic carbocycles. The van der Waals surface area contributed by atoms with Crippen LogP contribution >= 0.6 is 0 Å². The molecule has 0 aliphatic carbocycles. The van der Waals surface area contributed by atoms with Crippen molar-refractivity contribution in [2.24, 2.45) is 0 Å². The third-order valence-corrected chi connectivity index (χ3v) is 11.7. The maximum Gasteiger partial charge on any atom is 0.250 e. The van der Waals surface area contributed by atoms with E-state index in [4.69, 9.17) is 24.1 Å². The van der Waals surface area contributed by atoms with Crippen LogP contribution in [0.1, 0.15) is 59.1 Å². The largest absolute Gasteiger partial charge is 0.543 e. The van der Waals surface area contributed by atoms with Crippen LogP contribution in [0.3, 0.4) is 0 Å². The molecule has 1 aliphatic rings. The van der Waals surface area contributed by atoms with Crippen molar-refractivity contribution >= 4 is 19.2 Å². The summed E-state index contributed by atoms with van der Waals surface area (Å²) in [5.74, 6) is 0.895. The van der Waals surface area contributed by atoms with Crippen LogP contribution in [0, 0.1) is 0 Å². The highest BCUT2D eigenvalue weighted by Crippen LogP contribution is 2.39. The number of aliphatic hydroxyl groups is 1. The first-order valence-corrected chi connectivity index (χ1v) is 16.1. The van der Waals surface area contributed by atoms with E-state index in [-0.39, 0.29) is 17.9 Å². The van der Waals surface area contributed by atoms with Crippen molar-refractivity contribution < 1.29 is 19.0 Å². The topological polar surface area (TPSA) is 83.6 Å². The second-order valence-corrected chi connectivity index (χ2v) is 15.9. The summed E-state index contributed by atoms with van der Waals surface area (Å²) in [6.45, 7) is 14.3. The van der Waals surface area contributed by atoms with Crippen molar-refractivity contribution in [2.75, 3.05) is 26.4 Å². The lowest BCUT2D eigenvalue weighted by Crippen LogP contribution is -2.43. The van der Waals surface area contributed by atoms with Crippen LogP contribution in [0.2, 0.25) is 18.1 Å². The van der Waals surface area contributed by atoms with Crippen molar-refractivity contribution in [1.29, 1.82) is 0 Å². The average Bonchev–Trinajstić information content (AvgIpc) is 3.45. The van der Waals surface area contributed by atoms with Gasteiger partial charge in [0.05, 0.1) is 11.7 Å². The second kappa shape index (κ2) is 11.5. The lowest BCUT2D eigenvalue weighted by molar-refractivity contribution is -0.0365. The first-order valence-electron chi connectivity index (χ1n) is 13.2. The molecule has 1 fully saturated rings. The van der Waals surface area contributed by atoms with Gasteiger partial charge >= 0.3 is 0 Å². The van der Waals surface area contributed by atoms with Crippen LogP contribution in [0.15, 0.2) is 30.6 Å². The molecule has 3 aromatic rings. The highest BCUT2D eigenvalue weighted by atomic mass is 28.4. The summed E-state index contributed by atoms with van der Waals surface area (Å²) >= 11 is 0. The number of rotatable bonds is 11. The lowest BCUT2D eigenvalue weighted by Gasteiger charge is -2.36. The Bertz CT molecular complexity index is 1130. The molecule has 4 rings (SSSR count). The van der Waals surface area contributed by atoms with E-state index < -0.39 is 8.32 Å². The first kappa shape index (κ1) is 26.8. The molecule has 198 valence electrons. The average molecular weight is 515 g/mol. The molecule has 36 heavy (non-hydrogen) atoms. The molecular weight excluding hydrogens is 472 g/mol. The van der Waals surface area contributed by atoms with Crippen molar-refractivity contribution in [1.82, 2.24) is 19.6 Å². The van der Waals surface area contributed by atoms with Gasteiger partial charge in [0, 0.05) is 50.1 Å². The number of hydrogen-bond acceptors (Lipinski definition) is 6. The van der Waals surface area contributed by atoms with E-state index in [1.54, 1.807) is 0 Å². The Hall–Kier alpha value is -2.20. The summed E-state index contributed by atoms with van der Waals surface area (Å²) in [5, 5.41) is 19.7. The lowest BCUT2D eigenvalue weighted by atomic mass is 10.1. The summed E-state index contributed by atoms with van der Waals surface area (Å²) in [7, 11) is -1.97. The minimum Gasteiger partial charge on any atom is -0.543 e. The van der Waals surface area contributed by atoms with Crippen LogP contribution in [-0.2, 0) is 16.0 Å². The zero-order valence-corrected chi connectivity index (χ0v) is 23.5. The van der Waals surface area contributed by atoms with Crippen LogP contribution in [0.4, 0.5) is 0 Å². The molecule has 0 bridgehead atoms. The SMILES string of the molecule is CC(C)(C)[Si](C)(C)Oc1ccc2c(c1)c(-c1cnn(CCCOCCCO)c1)nn2C1CCCCO1. The van der Waals surface area contributed by atoms with Gasteiger partial charge in [-0.2, -0.15) is 10.2 Å². The van der Waals surface area contributed by atoms with Gasteiger partial charge in [-0.25, -0.2) is 4.68 Å². The molecule has 1 unspecified atom stereocenters. The standard InChI is InChI=1S/C27H42N4O4Si/c1-27(2,3)36(4,5)35-22-11-12-24-23(18-22)26(29-31(24)25-10-6-7-17-34-25)21-19-28-30(20-21)13-8-15-33-16-9-14-32/h11-12,18-20,25,32H,6-10,13-17H2,1-5H3. The third-order valence-electron chi connectivity index (χ3n) is 7.31. The smallest absolute Gasteiger partial charge is 0.250 e. The van der Waals surface area contributed by atoms with E-state index in [9.17, 15) is 0 Å². The Morgan fingerprint density at radius 2 is 1.97 bits per heavy atom. The monoisotopic (exact) mass is 514 g/mol. The molecule has 0 radical (unpaired) electrons. The Kier molecular flexibility index (Phi) is 8.54. The van der Waals surface area contributed by atoms with Gasteiger partial charge in [0.1, 0.15) is 11.4 Å². The van der Waals surface area contributed by atoms with Gasteiger partial charge in [0.15, 0.2) is 6.23 Å². The summed E-state index contributed by atoms with van der Waals surface area (Å²) in [4.78, 5) is 0. The van der Waals surface area contributed by atoms with Crippen LogP contribution in [0.5, 0.6) is 5.75 Å². The summed E-state index contributed by atoms with van der Waals surface area (Å²) < 4.78 is 22.3. The van der Waals surface area contributed by atoms with E-state index in [1.807, 2.05) is 15.6 Å². The predicted molar refractivity (Wildman–Crippen MR) is 145 cm³/mol. The molecule has 1 aliphatic heterocycles. The van der Waals surface area contributed by atoms with Crippen molar-refractivity contribution in [3.8, 4) is 17.0 Å². The molecule has 3 heterocycles. The van der Waals surface area contributed by atoms with E-state index in [1.165, 1.54) is 0 Å². The normalized spacial score (nSPS) is 17.1. The number of nitrogens with zero attached hydrogens (tertiary/aromatic N) is 4. The highest BCUT2D eigenvalue weighted by molar-refractivity contribution is 6.74. The van der Waals surface area contributed by atoms with Gasteiger partial charge < -0.3 is 19.0 Å². The first-order chi connectivity index (χ1) is 17.2. The predicted octanol–water partition coefficient (Wildman–Crippen LogP) is 5.77. The summed E-state index contributed by atoms with van der Waals surface area (Å²) in [6.07, 6.45) is 8.65. The number of benzene rings is 1. The number of fused-ring (bicyclic) bond motifs is 1. The molecule has 0 spiro atoms. The van der Waals surface area contributed by atoms with Crippen molar-refractivity contribution in [3.05, 3.63) is 30.6 Å².